The minimum Gasteiger partial charge on any atom is -0.392 e. The molecule has 4 nitrogen and oxygen atoms in total. The van der Waals surface area contributed by atoms with E-state index in [4.69, 9.17) is 11.6 Å². The van der Waals surface area contributed by atoms with Crippen molar-refractivity contribution in [1.82, 2.24) is 0 Å². The van der Waals surface area contributed by atoms with Crippen LogP contribution < -0.4 is 4.90 Å². The summed E-state index contributed by atoms with van der Waals surface area (Å²) in [6, 6.07) is 5.27. The van der Waals surface area contributed by atoms with Crippen molar-refractivity contribution < 1.29 is 15.0 Å². The molecule has 1 aliphatic heterocycles. The molecule has 1 aliphatic rings. The van der Waals surface area contributed by atoms with E-state index in [2.05, 4.69) is 0 Å². The van der Waals surface area contributed by atoms with E-state index in [9.17, 15) is 15.0 Å². The molecule has 0 spiro atoms. The van der Waals surface area contributed by atoms with Crippen molar-refractivity contribution in [2.75, 3.05) is 17.3 Å². The van der Waals surface area contributed by atoms with E-state index in [0.717, 1.165) is 5.69 Å². The maximum Gasteiger partial charge on any atom is 0.227 e. The van der Waals surface area contributed by atoms with Crippen molar-refractivity contribution in [2.45, 2.75) is 19.6 Å². The zero-order valence-electron chi connectivity index (χ0n) is 9.97. The molecule has 1 aromatic carbocycles. The van der Waals surface area contributed by atoms with Crippen LogP contribution in [0.3, 0.4) is 0 Å². The first-order valence-corrected chi connectivity index (χ1v) is 6.42. The Bertz CT molecular complexity index is 428. The zero-order chi connectivity index (χ0) is 13.1. The quantitative estimate of drug-likeness (QED) is 0.809. The van der Waals surface area contributed by atoms with Crippen LogP contribution in [0.15, 0.2) is 18.2 Å². The third kappa shape index (κ3) is 2.66. The van der Waals surface area contributed by atoms with Crippen molar-refractivity contribution in [1.29, 1.82) is 0 Å². The molecule has 18 heavy (non-hydrogen) atoms. The van der Waals surface area contributed by atoms with Gasteiger partial charge in [0, 0.05) is 24.5 Å². The first-order chi connectivity index (χ1) is 8.67. The molecule has 98 valence electrons. The number of alkyl halides is 1. The number of nitrogens with zero attached hydrogens (tertiary/aromatic N) is 1. The SMILES string of the molecule is O=C1CC(CCl)CN1c1cc(CO)cc(CO)c1. The van der Waals surface area contributed by atoms with Crippen molar-refractivity contribution in [3.63, 3.8) is 0 Å². The molecule has 1 fully saturated rings. The summed E-state index contributed by atoms with van der Waals surface area (Å²) >= 11 is 5.78. The third-order valence-corrected chi connectivity index (χ3v) is 3.57. The summed E-state index contributed by atoms with van der Waals surface area (Å²) < 4.78 is 0. The van der Waals surface area contributed by atoms with Gasteiger partial charge >= 0.3 is 0 Å². The first-order valence-electron chi connectivity index (χ1n) is 5.88. The summed E-state index contributed by atoms with van der Waals surface area (Å²) in [4.78, 5) is 13.6. The average molecular weight is 270 g/mol. The van der Waals surface area contributed by atoms with Gasteiger partial charge in [0.2, 0.25) is 5.91 Å². The lowest BCUT2D eigenvalue weighted by Crippen LogP contribution is -2.25. The maximum atomic E-state index is 11.9. The second-order valence-corrected chi connectivity index (χ2v) is 4.86. The second kappa shape index (κ2) is 5.69. The monoisotopic (exact) mass is 269 g/mol. The summed E-state index contributed by atoms with van der Waals surface area (Å²) in [6.07, 6.45) is 0.460. The summed E-state index contributed by atoms with van der Waals surface area (Å²) in [7, 11) is 0. The lowest BCUT2D eigenvalue weighted by molar-refractivity contribution is -0.117. The Morgan fingerprint density at radius 2 is 1.83 bits per heavy atom. The van der Waals surface area contributed by atoms with E-state index in [1.165, 1.54) is 0 Å². The van der Waals surface area contributed by atoms with Gasteiger partial charge in [-0.1, -0.05) is 6.07 Å². The predicted molar refractivity (Wildman–Crippen MR) is 69.5 cm³/mol. The van der Waals surface area contributed by atoms with Crippen LogP contribution >= 0.6 is 11.6 Å². The Kier molecular flexibility index (Phi) is 4.22. The fraction of sp³-hybridized carbons (Fsp3) is 0.462. The van der Waals surface area contributed by atoms with E-state index in [1.807, 2.05) is 0 Å². The van der Waals surface area contributed by atoms with Crippen LogP contribution in [0.1, 0.15) is 17.5 Å². The van der Waals surface area contributed by atoms with Crippen LogP contribution in [-0.4, -0.2) is 28.5 Å². The number of carbonyl (C=O) groups is 1. The van der Waals surface area contributed by atoms with Crippen molar-refractivity contribution in [3.8, 4) is 0 Å². The molecule has 1 amide bonds. The minimum atomic E-state index is -0.109. The Balaban J connectivity index is 2.30. The van der Waals surface area contributed by atoms with Gasteiger partial charge in [0.25, 0.3) is 0 Å². The normalized spacial score (nSPS) is 19.6. The number of carbonyl (C=O) groups excluding carboxylic acids is 1. The molecule has 5 heteroatoms. The molecular weight excluding hydrogens is 254 g/mol. The van der Waals surface area contributed by atoms with Gasteiger partial charge in [-0.3, -0.25) is 4.79 Å². The number of hydrogen-bond donors (Lipinski definition) is 2. The van der Waals surface area contributed by atoms with Crippen LogP contribution in [0.2, 0.25) is 0 Å². The number of rotatable bonds is 4. The number of aliphatic hydroxyl groups excluding tert-OH is 2. The average Bonchev–Trinajstić information content (AvgIpc) is 2.79. The molecule has 2 rings (SSSR count). The standard InChI is InChI=1S/C13H16ClNO3/c14-5-11-4-13(18)15(6-11)12-2-9(7-16)1-10(3-12)8-17/h1-3,11,16-17H,4-8H2. The summed E-state index contributed by atoms with van der Waals surface area (Å²) in [5, 5.41) is 18.4. The molecular formula is C13H16ClNO3. The van der Waals surface area contributed by atoms with Gasteiger partial charge in [-0.05, 0) is 29.2 Å². The molecule has 0 radical (unpaired) electrons. The zero-order valence-corrected chi connectivity index (χ0v) is 10.7. The molecule has 1 atom stereocenters. The summed E-state index contributed by atoms with van der Waals surface area (Å²) in [5.74, 6) is 0.684. The lowest BCUT2D eigenvalue weighted by Gasteiger charge is -2.18. The highest BCUT2D eigenvalue weighted by atomic mass is 35.5. The van der Waals surface area contributed by atoms with Gasteiger partial charge < -0.3 is 15.1 Å². The number of hydrogen-bond acceptors (Lipinski definition) is 3. The van der Waals surface area contributed by atoms with Gasteiger partial charge in [0.1, 0.15) is 0 Å². The molecule has 0 saturated carbocycles. The van der Waals surface area contributed by atoms with Gasteiger partial charge in [0.15, 0.2) is 0 Å². The molecule has 0 bridgehead atoms. The van der Waals surface area contributed by atoms with Crippen molar-refractivity contribution in [2.24, 2.45) is 5.92 Å². The lowest BCUT2D eigenvalue weighted by atomic mass is 10.1. The third-order valence-electron chi connectivity index (χ3n) is 3.14. The van der Waals surface area contributed by atoms with Gasteiger partial charge in [-0.15, -0.1) is 11.6 Å². The van der Waals surface area contributed by atoms with E-state index in [0.29, 0.717) is 30.0 Å². The van der Waals surface area contributed by atoms with Crippen LogP contribution in [-0.2, 0) is 18.0 Å². The number of halogens is 1. The van der Waals surface area contributed by atoms with Gasteiger partial charge in [-0.2, -0.15) is 0 Å². The summed E-state index contributed by atoms with van der Waals surface area (Å²) in [5.41, 5.74) is 2.11. The fourth-order valence-corrected chi connectivity index (χ4v) is 2.42. The Labute approximate surface area is 111 Å². The highest BCUT2D eigenvalue weighted by Crippen LogP contribution is 2.27. The van der Waals surface area contributed by atoms with Crippen molar-refractivity contribution in [3.05, 3.63) is 29.3 Å². The molecule has 1 aromatic rings. The maximum absolute atomic E-state index is 11.9. The highest BCUT2D eigenvalue weighted by molar-refractivity contribution is 6.18. The Morgan fingerprint density at radius 1 is 1.22 bits per heavy atom. The number of amides is 1. The molecule has 1 heterocycles. The fourth-order valence-electron chi connectivity index (χ4n) is 2.22. The van der Waals surface area contributed by atoms with Crippen LogP contribution in [0.25, 0.3) is 0 Å². The molecule has 1 unspecified atom stereocenters. The van der Waals surface area contributed by atoms with Crippen molar-refractivity contribution >= 4 is 23.2 Å². The molecule has 0 aromatic heterocycles. The van der Waals surface area contributed by atoms with E-state index in [-0.39, 0.29) is 25.0 Å². The van der Waals surface area contributed by atoms with Crippen LogP contribution in [0.5, 0.6) is 0 Å². The number of benzene rings is 1. The highest BCUT2D eigenvalue weighted by Gasteiger charge is 2.30. The Morgan fingerprint density at radius 3 is 2.28 bits per heavy atom. The van der Waals surface area contributed by atoms with Crippen LogP contribution in [0.4, 0.5) is 5.69 Å². The molecule has 2 N–H and O–H groups in total. The van der Waals surface area contributed by atoms with Gasteiger partial charge in [-0.25, -0.2) is 0 Å². The Hall–Kier alpha value is -1.10. The van der Waals surface area contributed by atoms with Crippen LogP contribution in [0, 0.1) is 5.92 Å². The van der Waals surface area contributed by atoms with E-state index in [1.54, 1.807) is 23.1 Å². The molecule has 1 saturated heterocycles. The largest absolute Gasteiger partial charge is 0.392 e. The minimum absolute atomic E-state index is 0.0413. The summed E-state index contributed by atoms with van der Waals surface area (Å²) in [6.45, 7) is 0.381. The van der Waals surface area contributed by atoms with E-state index < -0.39 is 0 Å². The smallest absolute Gasteiger partial charge is 0.227 e. The number of aliphatic hydroxyl groups is 2. The predicted octanol–water partition coefficient (Wildman–Crippen LogP) is 1.26. The van der Waals surface area contributed by atoms with E-state index >= 15 is 0 Å². The topological polar surface area (TPSA) is 60.8 Å². The molecule has 0 aliphatic carbocycles. The van der Waals surface area contributed by atoms with Gasteiger partial charge in [0.05, 0.1) is 13.2 Å². The first kappa shape index (κ1) is 13.3. The number of anilines is 1. The second-order valence-electron chi connectivity index (χ2n) is 4.55.